The molecule has 3 aromatic rings. The molecule has 0 aliphatic carbocycles. The molecule has 1 saturated heterocycles. The zero-order valence-electron chi connectivity index (χ0n) is 18.3. The molecule has 2 atom stereocenters. The van der Waals surface area contributed by atoms with Crippen LogP contribution in [0.15, 0.2) is 40.5 Å². The summed E-state index contributed by atoms with van der Waals surface area (Å²) in [5.41, 5.74) is 1.64. The second-order valence-electron chi connectivity index (χ2n) is 8.63. The molecule has 1 aromatic carbocycles. The average Bonchev–Trinajstić information content (AvgIpc) is 3.14. The molecule has 3 heterocycles. The van der Waals surface area contributed by atoms with Gasteiger partial charge in [-0.3, -0.25) is 19.8 Å². The molecule has 0 radical (unpaired) electrons. The van der Waals surface area contributed by atoms with E-state index in [2.05, 4.69) is 34.1 Å². The quantitative estimate of drug-likeness (QED) is 0.597. The molecule has 0 saturated carbocycles. The zero-order valence-corrected chi connectivity index (χ0v) is 19.9. The second-order valence-corrected chi connectivity index (χ2v) is 9.92. The van der Waals surface area contributed by atoms with Crippen molar-refractivity contribution in [1.29, 1.82) is 0 Å². The number of piperidine rings is 1. The molecule has 0 spiro atoms. The Bertz CT molecular complexity index is 1160. The van der Waals surface area contributed by atoms with Crippen LogP contribution >= 0.6 is 22.9 Å². The Morgan fingerprint density at radius 3 is 2.59 bits per heavy atom. The van der Waals surface area contributed by atoms with Crippen molar-refractivity contribution < 1.29 is 4.79 Å². The maximum absolute atomic E-state index is 12.8. The monoisotopic (exact) mass is 471 g/mol. The summed E-state index contributed by atoms with van der Waals surface area (Å²) in [6, 6.07) is 8.43. The van der Waals surface area contributed by atoms with Crippen LogP contribution in [0.4, 0.5) is 5.13 Å². The van der Waals surface area contributed by atoms with E-state index in [-0.39, 0.29) is 5.69 Å². The summed E-state index contributed by atoms with van der Waals surface area (Å²) in [6.45, 7) is 9.19. The highest BCUT2D eigenvalue weighted by Crippen LogP contribution is 2.24. The van der Waals surface area contributed by atoms with Crippen molar-refractivity contribution in [1.82, 2.24) is 19.7 Å². The first-order valence-corrected chi connectivity index (χ1v) is 11.9. The van der Waals surface area contributed by atoms with Crippen LogP contribution in [0, 0.1) is 18.8 Å². The summed E-state index contributed by atoms with van der Waals surface area (Å²) < 4.78 is 1.55. The zero-order chi connectivity index (χ0) is 22.8. The molecule has 1 aliphatic rings. The first-order valence-electron chi connectivity index (χ1n) is 10.6. The van der Waals surface area contributed by atoms with Crippen LogP contribution in [0.5, 0.6) is 0 Å². The molecule has 0 unspecified atom stereocenters. The van der Waals surface area contributed by atoms with Gasteiger partial charge in [0.25, 0.3) is 5.91 Å². The third-order valence-corrected chi connectivity index (χ3v) is 6.55. The van der Waals surface area contributed by atoms with Gasteiger partial charge in [-0.25, -0.2) is 9.67 Å². The maximum atomic E-state index is 12.8. The highest BCUT2D eigenvalue weighted by atomic mass is 35.5. The number of thiazole rings is 1. The first-order chi connectivity index (χ1) is 15.3. The molecule has 0 bridgehead atoms. The SMILES string of the molecule is Cc1cc(=O)c(C(=O)Nc2nc(CN3C[C@@H](C)C[C@H](C)C3)cs2)nn1-c1ccc(Cl)cc1. The molecule has 1 amide bonds. The summed E-state index contributed by atoms with van der Waals surface area (Å²) in [4.78, 5) is 32.2. The Hall–Kier alpha value is -2.55. The number of nitrogens with one attached hydrogen (secondary N) is 1. The fourth-order valence-electron chi connectivity index (χ4n) is 4.29. The molecule has 4 rings (SSSR count). The van der Waals surface area contributed by atoms with E-state index in [1.165, 1.54) is 23.8 Å². The highest BCUT2D eigenvalue weighted by molar-refractivity contribution is 7.13. The smallest absolute Gasteiger partial charge is 0.281 e. The van der Waals surface area contributed by atoms with Gasteiger partial charge in [0.1, 0.15) is 0 Å². The fourth-order valence-corrected chi connectivity index (χ4v) is 5.11. The predicted molar refractivity (Wildman–Crippen MR) is 128 cm³/mol. The minimum Gasteiger partial charge on any atom is -0.297 e. The number of nitrogens with zero attached hydrogens (tertiary/aromatic N) is 4. The Morgan fingerprint density at radius 2 is 1.91 bits per heavy atom. The van der Waals surface area contributed by atoms with Gasteiger partial charge in [-0.05, 0) is 49.4 Å². The lowest BCUT2D eigenvalue weighted by molar-refractivity contribution is 0.101. The van der Waals surface area contributed by atoms with Crippen molar-refractivity contribution in [2.75, 3.05) is 18.4 Å². The lowest BCUT2D eigenvalue weighted by Gasteiger charge is -2.34. The number of halogens is 1. The summed E-state index contributed by atoms with van der Waals surface area (Å²) in [5, 5.41) is 10.0. The highest BCUT2D eigenvalue weighted by Gasteiger charge is 2.23. The van der Waals surface area contributed by atoms with Gasteiger partial charge in [0.05, 0.1) is 11.4 Å². The van der Waals surface area contributed by atoms with Crippen molar-refractivity contribution in [3.63, 3.8) is 0 Å². The predicted octanol–water partition coefficient (Wildman–Crippen LogP) is 4.38. The number of aryl methyl sites for hydroxylation is 1. The van der Waals surface area contributed by atoms with Crippen LogP contribution in [-0.2, 0) is 6.54 Å². The number of amides is 1. The molecule has 2 aromatic heterocycles. The van der Waals surface area contributed by atoms with E-state index < -0.39 is 11.3 Å². The van der Waals surface area contributed by atoms with Crippen LogP contribution in [0.2, 0.25) is 5.02 Å². The molecule has 1 fully saturated rings. The lowest BCUT2D eigenvalue weighted by atomic mass is 9.92. The standard InChI is InChI=1S/C23H26ClN5O2S/c1-14-8-15(2)11-28(10-14)12-18-13-32-23(25-18)26-22(31)21-20(30)9-16(3)29(27-21)19-6-4-17(24)5-7-19/h4-7,9,13-15H,8,10-12H2,1-3H3,(H,25,26,31)/t14-,15-/m0/s1. The summed E-state index contributed by atoms with van der Waals surface area (Å²) in [7, 11) is 0. The van der Waals surface area contributed by atoms with E-state index in [9.17, 15) is 9.59 Å². The number of rotatable bonds is 5. The molecule has 168 valence electrons. The second kappa shape index (κ2) is 9.52. The maximum Gasteiger partial charge on any atom is 0.281 e. The Labute approximate surface area is 196 Å². The number of hydrogen-bond acceptors (Lipinski definition) is 6. The van der Waals surface area contributed by atoms with Gasteiger partial charge in [-0.2, -0.15) is 5.10 Å². The molecular weight excluding hydrogens is 446 g/mol. The number of benzene rings is 1. The molecular formula is C23H26ClN5O2S. The topological polar surface area (TPSA) is 80.1 Å². The molecule has 7 nitrogen and oxygen atoms in total. The normalized spacial score (nSPS) is 19.1. The van der Waals surface area contributed by atoms with Crippen LogP contribution in [-0.4, -0.2) is 38.7 Å². The Morgan fingerprint density at radius 1 is 1.22 bits per heavy atom. The average molecular weight is 472 g/mol. The van der Waals surface area contributed by atoms with Crippen molar-refractivity contribution in [3.05, 3.63) is 68.0 Å². The van der Waals surface area contributed by atoms with Crippen molar-refractivity contribution in [3.8, 4) is 5.69 Å². The number of aromatic nitrogens is 3. The number of carbonyl (C=O) groups excluding carboxylic acids is 1. The molecule has 1 N–H and O–H groups in total. The van der Waals surface area contributed by atoms with E-state index in [4.69, 9.17) is 11.6 Å². The summed E-state index contributed by atoms with van der Waals surface area (Å²) in [6.07, 6.45) is 1.26. The van der Waals surface area contributed by atoms with E-state index in [1.54, 1.807) is 35.9 Å². The van der Waals surface area contributed by atoms with Crippen molar-refractivity contribution in [2.45, 2.75) is 33.7 Å². The van der Waals surface area contributed by atoms with Gasteiger partial charge < -0.3 is 0 Å². The van der Waals surface area contributed by atoms with Crippen LogP contribution in [0.3, 0.4) is 0 Å². The minimum absolute atomic E-state index is 0.180. The molecule has 9 heteroatoms. The van der Waals surface area contributed by atoms with Crippen LogP contribution in [0.1, 0.15) is 42.1 Å². The van der Waals surface area contributed by atoms with Crippen LogP contribution < -0.4 is 10.7 Å². The van der Waals surface area contributed by atoms with Gasteiger partial charge in [0, 0.05) is 41.8 Å². The van der Waals surface area contributed by atoms with Gasteiger partial charge in [-0.15, -0.1) is 11.3 Å². The third kappa shape index (κ3) is 5.26. The van der Waals surface area contributed by atoms with Gasteiger partial charge in [0.15, 0.2) is 10.8 Å². The number of hydrogen-bond donors (Lipinski definition) is 1. The lowest BCUT2D eigenvalue weighted by Crippen LogP contribution is -2.38. The molecule has 1 aliphatic heterocycles. The number of anilines is 1. The van der Waals surface area contributed by atoms with Crippen molar-refractivity contribution in [2.24, 2.45) is 11.8 Å². The largest absolute Gasteiger partial charge is 0.297 e. The van der Waals surface area contributed by atoms with E-state index in [1.807, 2.05) is 5.38 Å². The van der Waals surface area contributed by atoms with Gasteiger partial charge in [-0.1, -0.05) is 25.4 Å². The summed E-state index contributed by atoms with van der Waals surface area (Å²) in [5.74, 6) is 0.776. The fraction of sp³-hybridized carbons (Fsp3) is 0.391. The minimum atomic E-state index is -0.571. The Kier molecular flexibility index (Phi) is 6.74. The number of carbonyl (C=O) groups is 1. The first kappa shape index (κ1) is 22.6. The number of likely N-dealkylation sites (tertiary alicyclic amines) is 1. The summed E-state index contributed by atoms with van der Waals surface area (Å²) >= 11 is 7.31. The van der Waals surface area contributed by atoms with E-state index >= 15 is 0 Å². The van der Waals surface area contributed by atoms with E-state index in [0.29, 0.717) is 33.4 Å². The third-order valence-electron chi connectivity index (χ3n) is 5.50. The van der Waals surface area contributed by atoms with Crippen molar-refractivity contribution >= 4 is 34.0 Å². The molecule has 32 heavy (non-hydrogen) atoms. The van der Waals surface area contributed by atoms with E-state index in [0.717, 1.165) is 25.3 Å². The van der Waals surface area contributed by atoms with Crippen LogP contribution in [0.25, 0.3) is 5.69 Å². The van der Waals surface area contributed by atoms with Gasteiger partial charge in [0.2, 0.25) is 5.43 Å². The Balaban J connectivity index is 1.49. The van der Waals surface area contributed by atoms with Gasteiger partial charge >= 0.3 is 0 Å².